The molecule has 1 saturated heterocycles. The molecule has 0 bridgehead atoms. The van der Waals surface area contributed by atoms with E-state index in [0.717, 1.165) is 6.07 Å². The van der Waals surface area contributed by atoms with Crippen LogP contribution >= 0.6 is 11.8 Å². The van der Waals surface area contributed by atoms with Gasteiger partial charge in [-0.25, -0.2) is 0 Å². The van der Waals surface area contributed by atoms with Crippen molar-refractivity contribution in [2.24, 2.45) is 0 Å². The number of nitrogens with one attached hydrogen (secondary N) is 1. The van der Waals surface area contributed by atoms with Crippen LogP contribution in [0.3, 0.4) is 0 Å². The second kappa shape index (κ2) is 4.51. The van der Waals surface area contributed by atoms with Crippen molar-refractivity contribution in [1.29, 1.82) is 0 Å². The Morgan fingerprint density at radius 2 is 2.11 bits per heavy atom. The van der Waals surface area contributed by atoms with Crippen molar-refractivity contribution in [2.45, 2.75) is 35.1 Å². The molecule has 19 heavy (non-hydrogen) atoms. The van der Waals surface area contributed by atoms with E-state index >= 15 is 0 Å². The molecule has 2 atom stereocenters. The number of thioether (sulfide) groups is 1. The van der Waals surface area contributed by atoms with Gasteiger partial charge >= 0.3 is 16.1 Å². The van der Waals surface area contributed by atoms with Gasteiger partial charge in [-0.1, -0.05) is 0 Å². The van der Waals surface area contributed by atoms with Gasteiger partial charge in [0.2, 0.25) is 5.09 Å². The summed E-state index contributed by atoms with van der Waals surface area (Å²) in [7, 11) is -4.39. The molecule has 3 N–H and O–H groups in total. The first-order valence-corrected chi connectivity index (χ1v) is 7.67. The van der Waals surface area contributed by atoms with Crippen LogP contribution in [0.4, 0.5) is 0 Å². The monoisotopic (exact) mass is 307 g/mol. The van der Waals surface area contributed by atoms with Crippen LogP contribution in [0, 0.1) is 0 Å². The Morgan fingerprint density at radius 3 is 2.53 bits per heavy atom. The molecule has 1 aromatic rings. The average molecular weight is 307 g/mol. The lowest BCUT2D eigenvalue weighted by molar-refractivity contribution is -0.139. The number of hydrogen-bond donors (Lipinski definition) is 3. The molecular formula is C10H13NO6S2. The molecule has 7 nitrogen and oxygen atoms in total. The number of carboxylic acid groups (broad SMARTS) is 1. The molecule has 0 saturated carbocycles. The SMILES string of the molecule is CC1(C)SC(c2ccc(S(=O)(=O)O)o2)NC1C(=O)O. The molecule has 0 spiro atoms. The van der Waals surface area contributed by atoms with Crippen LogP contribution in [-0.4, -0.2) is 34.8 Å². The van der Waals surface area contributed by atoms with E-state index in [9.17, 15) is 13.2 Å². The fourth-order valence-electron chi connectivity index (χ4n) is 1.88. The van der Waals surface area contributed by atoms with Crippen molar-refractivity contribution in [3.8, 4) is 0 Å². The molecular weight excluding hydrogens is 294 g/mol. The van der Waals surface area contributed by atoms with Crippen LogP contribution in [-0.2, 0) is 14.9 Å². The third kappa shape index (κ3) is 2.78. The summed E-state index contributed by atoms with van der Waals surface area (Å²) in [5, 5.41) is 10.9. The van der Waals surface area contributed by atoms with Crippen molar-refractivity contribution in [1.82, 2.24) is 5.32 Å². The maximum atomic E-state index is 11.1. The molecule has 0 aromatic carbocycles. The predicted molar refractivity (Wildman–Crippen MR) is 67.5 cm³/mol. The first kappa shape index (κ1) is 14.4. The molecule has 2 unspecified atom stereocenters. The van der Waals surface area contributed by atoms with Crippen LogP contribution < -0.4 is 5.32 Å². The Labute approximate surface area is 114 Å². The van der Waals surface area contributed by atoms with Crippen LogP contribution in [0.2, 0.25) is 0 Å². The average Bonchev–Trinajstić information content (AvgIpc) is 2.79. The molecule has 1 fully saturated rings. The maximum Gasteiger partial charge on any atom is 0.328 e. The molecule has 0 radical (unpaired) electrons. The van der Waals surface area contributed by atoms with Crippen LogP contribution in [0.15, 0.2) is 21.6 Å². The molecule has 1 aliphatic heterocycles. The van der Waals surface area contributed by atoms with Gasteiger partial charge in [-0.2, -0.15) is 8.42 Å². The summed E-state index contributed by atoms with van der Waals surface area (Å²) in [6, 6.07) is 1.75. The Morgan fingerprint density at radius 1 is 1.47 bits per heavy atom. The van der Waals surface area contributed by atoms with Crippen LogP contribution in [0.5, 0.6) is 0 Å². The van der Waals surface area contributed by atoms with Gasteiger partial charge in [0.05, 0.1) is 0 Å². The molecule has 0 amide bonds. The highest BCUT2D eigenvalue weighted by atomic mass is 32.2. The fourth-order valence-corrected chi connectivity index (χ4v) is 3.68. The van der Waals surface area contributed by atoms with Crippen molar-refractivity contribution in [2.75, 3.05) is 0 Å². The van der Waals surface area contributed by atoms with Gasteiger partial charge in [-0.05, 0) is 26.0 Å². The second-order valence-electron chi connectivity index (χ2n) is 4.67. The minimum absolute atomic E-state index is 0.259. The summed E-state index contributed by atoms with van der Waals surface area (Å²) < 4.78 is 35.1. The molecule has 2 heterocycles. The highest BCUT2D eigenvalue weighted by Gasteiger charge is 2.46. The van der Waals surface area contributed by atoms with Gasteiger partial charge in [-0.15, -0.1) is 11.8 Å². The second-order valence-corrected chi connectivity index (χ2v) is 7.78. The summed E-state index contributed by atoms with van der Waals surface area (Å²) in [5.41, 5.74) is 0. The minimum Gasteiger partial charge on any atom is -0.480 e. The summed E-state index contributed by atoms with van der Waals surface area (Å²) in [4.78, 5) is 11.1. The van der Waals surface area contributed by atoms with E-state index in [-0.39, 0.29) is 5.76 Å². The van der Waals surface area contributed by atoms with E-state index in [4.69, 9.17) is 14.1 Å². The maximum absolute atomic E-state index is 11.1. The standard InChI is InChI=1S/C10H13NO6S2/c1-10(2)7(9(12)13)11-8(18-10)5-3-4-6(17-5)19(14,15)16/h3-4,7-8,11H,1-2H3,(H,12,13)(H,14,15,16). The lowest BCUT2D eigenvalue weighted by Crippen LogP contribution is -2.43. The first-order chi connectivity index (χ1) is 8.61. The van der Waals surface area contributed by atoms with E-state index in [1.54, 1.807) is 13.8 Å². The number of hydrogen-bond acceptors (Lipinski definition) is 6. The number of aliphatic carboxylic acids is 1. The lowest BCUT2D eigenvalue weighted by atomic mass is 10.0. The Balaban J connectivity index is 2.26. The van der Waals surface area contributed by atoms with Crippen molar-refractivity contribution in [3.05, 3.63) is 17.9 Å². The molecule has 2 rings (SSSR count). The van der Waals surface area contributed by atoms with Crippen LogP contribution in [0.25, 0.3) is 0 Å². The van der Waals surface area contributed by atoms with E-state index in [2.05, 4.69) is 5.32 Å². The van der Waals surface area contributed by atoms with Gasteiger partial charge in [0, 0.05) is 4.75 Å². The van der Waals surface area contributed by atoms with Crippen LogP contribution in [0.1, 0.15) is 25.0 Å². The lowest BCUT2D eigenvalue weighted by Gasteiger charge is -2.20. The van der Waals surface area contributed by atoms with Gasteiger partial charge in [0.25, 0.3) is 0 Å². The van der Waals surface area contributed by atoms with Gasteiger partial charge in [0.1, 0.15) is 17.2 Å². The number of carboxylic acids is 1. The van der Waals surface area contributed by atoms with Gasteiger partial charge in [-0.3, -0.25) is 14.7 Å². The minimum atomic E-state index is -4.39. The van der Waals surface area contributed by atoms with Crippen molar-refractivity contribution in [3.63, 3.8) is 0 Å². The quantitative estimate of drug-likeness (QED) is 0.711. The van der Waals surface area contributed by atoms with Gasteiger partial charge < -0.3 is 9.52 Å². The van der Waals surface area contributed by atoms with E-state index < -0.39 is 37.3 Å². The summed E-state index contributed by atoms with van der Waals surface area (Å²) in [6.45, 7) is 3.55. The number of rotatable bonds is 3. The molecule has 1 aromatic heterocycles. The van der Waals surface area contributed by atoms with Gasteiger partial charge in [0.15, 0.2) is 0 Å². The number of furan rings is 1. The molecule has 106 valence electrons. The van der Waals surface area contributed by atoms with Crippen molar-refractivity contribution >= 4 is 27.8 Å². The summed E-state index contributed by atoms with van der Waals surface area (Å²) in [6.07, 6.45) is 0. The van der Waals surface area contributed by atoms with E-state index in [0.29, 0.717) is 0 Å². The Bertz CT molecular complexity index is 605. The zero-order valence-electron chi connectivity index (χ0n) is 10.2. The third-order valence-electron chi connectivity index (χ3n) is 2.80. The zero-order valence-corrected chi connectivity index (χ0v) is 11.8. The zero-order chi connectivity index (χ0) is 14.4. The first-order valence-electron chi connectivity index (χ1n) is 5.35. The summed E-state index contributed by atoms with van der Waals surface area (Å²) >= 11 is 1.32. The highest BCUT2D eigenvalue weighted by Crippen LogP contribution is 2.46. The Kier molecular flexibility index (Phi) is 3.42. The topological polar surface area (TPSA) is 117 Å². The Hall–Kier alpha value is -1.03. The summed E-state index contributed by atoms with van der Waals surface area (Å²) in [5.74, 6) is -0.726. The third-order valence-corrected chi connectivity index (χ3v) is 4.97. The predicted octanol–water partition coefficient (Wildman–Crippen LogP) is 1.09. The van der Waals surface area contributed by atoms with E-state index in [1.807, 2.05) is 0 Å². The highest BCUT2D eigenvalue weighted by molar-refractivity contribution is 8.01. The normalized spacial score (nSPS) is 26.5. The fraction of sp³-hybridized carbons (Fsp3) is 0.500. The number of carbonyl (C=O) groups is 1. The van der Waals surface area contributed by atoms with E-state index in [1.165, 1.54) is 17.8 Å². The molecule has 9 heteroatoms. The smallest absolute Gasteiger partial charge is 0.328 e. The van der Waals surface area contributed by atoms with Crippen molar-refractivity contribution < 1.29 is 27.3 Å². The molecule has 1 aliphatic rings. The molecule has 0 aliphatic carbocycles. The largest absolute Gasteiger partial charge is 0.480 e.